The monoisotopic (exact) mass is 389 g/mol. The van der Waals surface area contributed by atoms with Crippen molar-refractivity contribution in [3.8, 4) is 0 Å². The summed E-state index contributed by atoms with van der Waals surface area (Å²) in [5, 5.41) is 2.22. The smallest absolute Gasteiger partial charge is 0.331 e. The zero-order valence-corrected chi connectivity index (χ0v) is 15.8. The van der Waals surface area contributed by atoms with Crippen molar-refractivity contribution in [2.75, 3.05) is 0 Å². The van der Waals surface area contributed by atoms with E-state index in [2.05, 4.69) is 5.32 Å². The molecule has 0 spiro atoms. The lowest BCUT2D eigenvalue weighted by molar-refractivity contribution is -0.130. The van der Waals surface area contributed by atoms with Gasteiger partial charge in [0.2, 0.25) is 0 Å². The topological polar surface area (TPSA) is 84.6 Å². The lowest BCUT2D eigenvalue weighted by Crippen LogP contribution is -2.53. The largest absolute Gasteiger partial charge is 0.467 e. The first-order valence-corrected chi connectivity index (χ1v) is 9.13. The van der Waals surface area contributed by atoms with E-state index in [9.17, 15) is 14.4 Å². The molecule has 1 aliphatic rings. The molecule has 1 aromatic carbocycles. The minimum absolute atomic E-state index is 0.0489. The number of hydrogen-bond acceptors (Lipinski definition) is 4. The molecule has 7 heteroatoms. The molecule has 0 bridgehead atoms. The Morgan fingerprint density at radius 3 is 2.52 bits per heavy atom. The Kier molecular flexibility index (Phi) is 4.87. The molecule has 1 saturated heterocycles. The molecule has 7 nitrogen and oxygen atoms in total. The third-order valence-electron chi connectivity index (χ3n) is 4.71. The van der Waals surface area contributed by atoms with Crippen LogP contribution >= 0.6 is 0 Å². The normalized spacial score (nSPS) is 15.8. The van der Waals surface area contributed by atoms with Crippen LogP contribution in [0, 0.1) is 6.92 Å². The molecule has 2 aromatic heterocycles. The summed E-state index contributed by atoms with van der Waals surface area (Å²) < 4.78 is 7.15. The highest BCUT2D eigenvalue weighted by molar-refractivity contribution is 6.30. The van der Waals surface area contributed by atoms with Crippen LogP contribution in [-0.4, -0.2) is 27.3 Å². The molecule has 4 amide bonds. The van der Waals surface area contributed by atoms with Gasteiger partial charge in [-0.15, -0.1) is 0 Å². The molecular weight excluding hydrogens is 370 g/mol. The molecule has 1 aliphatic heterocycles. The summed E-state index contributed by atoms with van der Waals surface area (Å²) in [6, 6.07) is 14.4. The fourth-order valence-corrected chi connectivity index (χ4v) is 3.14. The SMILES string of the molecule is Cc1ccc(Cn2cccc2/C=C2\C(=O)NC(=O)N(Cc3ccco3)C2=O)cc1. The van der Waals surface area contributed by atoms with E-state index in [1.165, 1.54) is 17.9 Å². The van der Waals surface area contributed by atoms with Gasteiger partial charge in [0.25, 0.3) is 11.8 Å². The maximum Gasteiger partial charge on any atom is 0.331 e. The van der Waals surface area contributed by atoms with Gasteiger partial charge in [-0.05, 0) is 42.8 Å². The van der Waals surface area contributed by atoms with E-state index < -0.39 is 17.8 Å². The van der Waals surface area contributed by atoms with Crippen LogP contribution in [-0.2, 0) is 22.7 Å². The summed E-state index contributed by atoms with van der Waals surface area (Å²) in [5.74, 6) is -0.915. The second-order valence-corrected chi connectivity index (χ2v) is 6.83. The van der Waals surface area contributed by atoms with Crippen LogP contribution in [0.2, 0.25) is 0 Å². The van der Waals surface area contributed by atoms with Crippen molar-refractivity contribution < 1.29 is 18.8 Å². The van der Waals surface area contributed by atoms with Gasteiger partial charge in [0.15, 0.2) is 0 Å². The minimum Gasteiger partial charge on any atom is -0.467 e. The molecule has 4 rings (SSSR count). The summed E-state index contributed by atoms with van der Waals surface area (Å²) in [6.45, 7) is 2.57. The Bertz CT molecular complexity index is 1090. The van der Waals surface area contributed by atoms with E-state index in [0.717, 1.165) is 10.5 Å². The van der Waals surface area contributed by atoms with Gasteiger partial charge in [-0.3, -0.25) is 19.8 Å². The van der Waals surface area contributed by atoms with Crippen molar-refractivity contribution in [1.82, 2.24) is 14.8 Å². The number of nitrogens with zero attached hydrogens (tertiary/aromatic N) is 2. The minimum atomic E-state index is -0.761. The van der Waals surface area contributed by atoms with Gasteiger partial charge in [0.05, 0.1) is 12.8 Å². The number of furan rings is 1. The van der Waals surface area contributed by atoms with Crippen LogP contribution in [0.15, 0.2) is 71.0 Å². The number of urea groups is 1. The van der Waals surface area contributed by atoms with Crippen LogP contribution in [0.4, 0.5) is 4.79 Å². The molecule has 1 fully saturated rings. The van der Waals surface area contributed by atoms with Gasteiger partial charge in [0, 0.05) is 18.4 Å². The van der Waals surface area contributed by atoms with E-state index in [4.69, 9.17) is 4.42 Å². The summed E-state index contributed by atoms with van der Waals surface area (Å²) in [6.07, 6.45) is 4.85. The number of carbonyl (C=O) groups is 3. The van der Waals surface area contributed by atoms with Crippen molar-refractivity contribution in [3.05, 3.63) is 89.1 Å². The Morgan fingerprint density at radius 1 is 1.00 bits per heavy atom. The highest BCUT2D eigenvalue weighted by Gasteiger charge is 2.36. The van der Waals surface area contributed by atoms with Crippen LogP contribution < -0.4 is 5.32 Å². The maximum absolute atomic E-state index is 12.8. The lowest BCUT2D eigenvalue weighted by Gasteiger charge is -2.25. The van der Waals surface area contributed by atoms with Crippen molar-refractivity contribution in [1.29, 1.82) is 0 Å². The van der Waals surface area contributed by atoms with Gasteiger partial charge in [0.1, 0.15) is 11.3 Å². The second kappa shape index (κ2) is 7.63. The zero-order chi connectivity index (χ0) is 20.4. The van der Waals surface area contributed by atoms with Crippen LogP contribution in [0.5, 0.6) is 0 Å². The zero-order valence-electron chi connectivity index (χ0n) is 15.8. The van der Waals surface area contributed by atoms with Crippen LogP contribution in [0.3, 0.4) is 0 Å². The molecule has 0 radical (unpaired) electrons. The number of aromatic nitrogens is 1. The number of amides is 4. The number of hydrogen-bond donors (Lipinski definition) is 1. The molecule has 0 aliphatic carbocycles. The summed E-state index contributed by atoms with van der Waals surface area (Å²) in [7, 11) is 0. The predicted octanol–water partition coefficient (Wildman–Crippen LogP) is 3.10. The third-order valence-corrected chi connectivity index (χ3v) is 4.71. The Hall–Kier alpha value is -3.87. The first kappa shape index (κ1) is 18.5. The Morgan fingerprint density at radius 2 is 1.79 bits per heavy atom. The van der Waals surface area contributed by atoms with E-state index in [-0.39, 0.29) is 12.1 Å². The standard InChI is InChI=1S/C22H19N3O4/c1-15-6-8-16(9-7-15)13-24-10-2-4-17(24)12-19-20(26)23-22(28)25(21(19)27)14-18-5-3-11-29-18/h2-12H,13-14H2,1H3,(H,23,26,28)/b19-12+. The molecule has 3 heterocycles. The van der Waals surface area contributed by atoms with Crippen LogP contribution in [0.25, 0.3) is 6.08 Å². The van der Waals surface area contributed by atoms with E-state index in [1.54, 1.807) is 12.1 Å². The summed E-state index contributed by atoms with van der Waals surface area (Å²) in [5.41, 5.74) is 2.87. The number of imide groups is 2. The van der Waals surface area contributed by atoms with E-state index in [1.807, 2.05) is 54.1 Å². The van der Waals surface area contributed by atoms with Crippen molar-refractivity contribution in [3.63, 3.8) is 0 Å². The van der Waals surface area contributed by atoms with Crippen molar-refractivity contribution in [2.45, 2.75) is 20.0 Å². The number of nitrogens with one attached hydrogen (secondary N) is 1. The van der Waals surface area contributed by atoms with Crippen molar-refractivity contribution >= 4 is 23.9 Å². The first-order chi connectivity index (χ1) is 14.0. The number of benzene rings is 1. The molecule has 0 saturated carbocycles. The Labute approximate surface area is 167 Å². The number of barbiturate groups is 1. The van der Waals surface area contributed by atoms with E-state index in [0.29, 0.717) is 18.0 Å². The first-order valence-electron chi connectivity index (χ1n) is 9.13. The van der Waals surface area contributed by atoms with Crippen molar-refractivity contribution in [2.24, 2.45) is 0 Å². The quantitative estimate of drug-likeness (QED) is 0.537. The number of rotatable bonds is 5. The molecule has 0 atom stereocenters. The molecule has 29 heavy (non-hydrogen) atoms. The average Bonchev–Trinajstić information content (AvgIpc) is 3.36. The highest BCUT2D eigenvalue weighted by atomic mass is 16.3. The summed E-state index contributed by atoms with van der Waals surface area (Å²) >= 11 is 0. The Balaban J connectivity index is 1.60. The molecule has 146 valence electrons. The highest BCUT2D eigenvalue weighted by Crippen LogP contribution is 2.18. The van der Waals surface area contributed by atoms with Gasteiger partial charge in [-0.2, -0.15) is 0 Å². The third kappa shape index (κ3) is 3.89. The average molecular weight is 389 g/mol. The fraction of sp³-hybridized carbons (Fsp3) is 0.136. The second-order valence-electron chi connectivity index (χ2n) is 6.83. The predicted molar refractivity (Wildman–Crippen MR) is 105 cm³/mol. The lowest BCUT2D eigenvalue weighted by atomic mass is 10.1. The number of carbonyl (C=O) groups excluding carboxylic acids is 3. The van der Waals surface area contributed by atoms with E-state index >= 15 is 0 Å². The van der Waals surface area contributed by atoms with Gasteiger partial charge in [-0.25, -0.2) is 4.79 Å². The molecular formula is C22H19N3O4. The number of aryl methyl sites for hydroxylation is 1. The van der Waals surface area contributed by atoms with Gasteiger partial charge < -0.3 is 8.98 Å². The van der Waals surface area contributed by atoms with Gasteiger partial charge in [-0.1, -0.05) is 29.8 Å². The van der Waals surface area contributed by atoms with Gasteiger partial charge >= 0.3 is 6.03 Å². The maximum atomic E-state index is 12.8. The van der Waals surface area contributed by atoms with Crippen LogP contribution in [0.1, 0.15) is 22.6 Å². The molecule has 3 aromatic rings. The summed E-state index contributed by atoms with van der Waals surface area (Å²) in [4.78, 5) is 38.2. The molecule has 0 unspecified atom stereocenters. The molecule has 1 N–H and O–H groups in total. The fourth-order valence-electron chi connectivity index (χ4n) is 3.14.